The minimum atomic E-state index is -2.55. The molecule has 0 aromatic carbocycles. The Morgan fingerprint density at radius 1 is 0.259 bits per heavy atom. The predicted octanol–water partition coefficient (Wildman–Crippen LogP) is -19.2. The van der Waals surface area contributed by atoms with Crippen LogP contribution in [-0.4, -0.2) is 474 Å². The van der Waals surface area contributed by atoms with Gasteiger partial charge in [0.25, 0.3) is 0 Å². The molecule has 48 nitrogen and oxygen atoms in total. The van der Waals surface area contributed by atoms with Crippen molar-refractivity contribution in [1.29, 1.82) is 0 Å². The zero-order valence-electron chi connectivity index (χ0n) is 58.0. The maximum atomic E-state index is 13.1. The van der Waals surface area contributed by atoms with E-state index in [0.29, 0.717) is 0 Å². The molecule has 0 spiro atoms. The molecule has 45 atom stereocenters. The van der Waals surface area contributed by atoms with E-state index in [-0.39, 0.29) is 0 Å². The lowest BCUT2D eigenvalue weighted by atomic mass is 9.93. The molecule has 0 aromatic rings. The Balaban J connectivity index is 1.03. The normalized spacial score (nSPS) is 50.4. The Morgan fingerprint density at radius 3 is 1.02 bits per heavy atom. The number of rotatable bonds is 27. The van der Waals surface area contributed by atoms with Crippen LogP contribution in [0.15, 0.2) is 0 Å². The molecule has 9 heterocycles. The Kier molecular flexibility index (Phi) is 31.6. The second-order valence-electron chi connectivity index (χ2n) is 27.5. The number of amides is 3. The van der Waals surface area contributed by atoms with Crippen LogP contribution >= 0.6 is 0 Å². The number of ether oxygens (including phenoxy) is 17. The fraction of sp³-hybridized carbons (Fsp3) is 0.950. The Morgan fingerprint density at radius 2 is 0.556 bits per heavy atom. The summed E-state index contributed by atoms with van der Waals surface area (Å²) in [5.74, 6) is -2.73. The molecule has 0 unspecified atom stereocenters. The van der Waals surface area contributed by atoms with E-state index in [2.05, 4.69) is 16.0 Å². The molecule has 9 saturated heterocycles. The summed E-state index contributed by atoms with van der Waals surface area (Å²) >= 11 is 0. The zero-order valence-corrected chi connectivity index (χ0v) is 58.0. The van der Waals surface area contributed by atoms with Gasteiger partial charge in [0, 0.05) is 20.8 Å². The Labute approximate surface area is 611 Å². The first-order valence-electron chi connectivity index (χ1n) is 34.5. The summed E-state index contributed by atoms with van der Waals surface area (Å²) in [4.78, 5) is 38.4. The highest BCUT2D eigenvalue weighted by atomic mass is 16.8. The monoisotopic (exact) mass is 1580 g/mol. The average molecular weight is 1580 g/mol. The van der Waals surface area contributed by atoms with Crippen molar-refractivity contribution in [2.24, 2.45) is 0 Å². The Hall–Kier alpha value is -3.27. The molecular formula is C60H101N3O45. The van der Waals surface area contributed by atoms with Gasteiger partial charge in [-0.3, -0.25) is 14.4 Å². The van der Waals surface area contributed by atoms with Gasteiger partial charge in [-0.1, -0.05) is 0 Å². The van der Waals surface area contributed by atoms with Crippen LogP contribution in [0.3, 0.4) is 0 Å². The van der Waals surface area contributed by atoms with E-state index in [4.69, 9.17) is 80.5 Å². The van der Waals surface area contributed by atoms with Crippen LogP contribution in [0.25, 0.3) is 0 Å². The standard InChI is InChI=1S/C60H101N3O45/c1-13-28(73)37(82)41(86)55(94-13)93-12-24-48(34(79)25(52(91)95-24)61-14(2)70)103-53-26(62-15(3)71)35(80)47(22(10-69)100-53)105-59-45(90)50(33(78)23(102-59)11-92-56-44(89)49(32(77)20(8-67)96-56)106-58-43(88)39(84)30(75)18(6-65)98-58)107-60-51(40(85)31(76)19(7-66)99-60)108-54-27(63-16(4)72)36(81)46(21(9-68)101-54)104-57-42(87)38(83)29(74)17(5-64)97-57/h13,17-60,64-69,73-91H,5-12H2,1-4H3,(H,61,70)(H,62,71)(H,63,72)/t13-,17-,18-,19-,20-,21-,22-,23-,24-,25-,26-,27-,28+,29+,30-,31-,32-,33-,34-,35-,36-,37+,38+,39+,40+,41-,42-,43+,44+,45+,46-,47-,48-,49+,50+,51+,52+,53-,54+,55-,56+,57+,58-,59+,60-/m1/s1. The summed E-state index contributed by atoms with van der Waals surface area (Å²) in [6.07, 6.45) is -85.2. The highest BCUT2D eigenvalue weighted by molar-refractivity contribution is 5.74. The van der Waals surface area contributed by atoms with Gasteiger partial charge in [0.15, 0.2) is 56.6 Å². The first kappa shape index (κ1) is 88.7. The van der Waals surface area contributed by atoms with Crippen LogP contribution in [0, 0.1) is 0 Å². The van der Waals surface area contributed by atoms with E-state index in [1.807, 2.05) is 0 Å². The molecule has 108 heavy (non-hydrogen) atoms. The van der Waals surface area contributed by atoms with Gasteiger partial charge in [0.2, 0.25) is 17.7 Å². The molecule has 28 N–H and O–H groups in total. The lowest BCUT2D eigenvalue weighted by molar-refractivity contribution is -0.398. The van der Waals surface area contributed by atoms with Gasteiger partial charge in [-0.2, -0.15) is 0 Å². The van der Waals surface area contributed by atoms with Crippen molar-refractivity contribution in [1.82, 2.24) is 16.0 Å². The molecule has 9 rings (SSSR count). The zero-order chi connectivity index (χ0) is 79.5. The van der Waals surface area contributed by atoms with E-state index in [1.165, 1.54) is 6.92 Å². The Bertz CT molecular complexity index is 2820. The fourth-order valence-corrected chi connectivity index (χ4v) is 13.9. The summed E-state index contributed by atoms with van der Waals surface area (Å²) < 4.78 is 99.6. The number of hydrogen-bond donors (Lipinski definition) is 28. The molecule has 0 bridgehead atoms. The fourth-order valence-electron chi connectivity index (χ4n) is 13.9. The molecule has 3 amide bonds. The maximum absolute atomic E-state index is 13.1. The highest BCUT2D eigenvalue weighted by Gasteiger charge is 2.60. The van der Waals surface area contributed by atoms with E-state index in [9.17, 15) is 142 Å². The van der Waals surface area contributed by atoms with Gasteiger partial charge in [-0.15, -0.1) is 0 Å². The van der Waals surface area contributed by atoms with Crippen LogP contribution in [0.5, 0.6) is 0 Å². The van der Waals surface area contributed by atoms with E-state index < -0.39 is 347 Å². The molecule has 9 fully saturated rings. The van der Waals surface area contributed by atoms with E-state index >= 15 is 0 Å². The minimum Gasteiger partial charge on any atom is -0.394 e. The molecular weight excluding hydrogens is 1480 g/mol. The molecule has 0 radical (unpaired) electrons. The van der Waals surface area contributed by atoms with Crippen LogP contribution in [-0.2, 0) is 94.9 Å². The highest BCUT2D eigenvalue weighted by Crippen LogP contribution is 2.39. The van der Waals surface area contributed by atoms with Crippen LogP contribution in [0.4, 0.5) is 0 Å². The lowest BCUT2D eigenvalue weighted by Gasteiger charge is -2.51. The molecule has 48 heteroatoms. The quantitative estimate of drug-likeness (QED) is 0.0363. The maximum Gasteiger partial charge on any atom is 0.217 e. The lowest BCUT2D eigenvalue weighted by Crippen LogP contribution is -2.71. The van der Waals surface area contributed by atoms with Crippen molar-refractivity contribution in [2.45, 2.75) is 304 Å². The molecule has 0 saturated carbocycles. The number of carbonyl (C=O) groups is 3. The predicted molar refractivity (Wildman–Crippen MR) is 330 cm³/mol. The van der Waals surface area contributed by atoms with Crippen LogP contribution in [0.2, 0.25) is 0 Å². The summed E-state index contributed by atoms with van der Waals surface area (Å²) in [7, 11) is 0. The largest absolute Gasteiger partial charge is 0.394 e. The van der Waals surface area contributed by atoms with Crippen LogP contribution < -0.4 is 16.0 Å². The summed E-state index contributed by atoms with van der Waals surface area (Å²) in [5, 5.41) is 283. The second-order valence-corrected chi connectivity index (χ2v) is 27.5. The van der Waals surface area contributed by atoms with Crippen molar-refractivity contribution >= 4 is 17.7 Å². The first-order valence-corrected chi connectivity index (χ1v) is 34.5. The minimum absolute atomic E-state index is 0.823. The molecule has 9 aliphatic rings. The van der Waals surface area contributed by atoms with Crippen molar-refractivity contribution in [2.75, 3.05) is 52.9 Å². The van der Waals surface area contributed by atoms with E-state index in [0.717, 1.165) is 20.8 Å². The second kappa shape index (κ2) is 38.5. The van der Waals surface area contributed by atoms with Gasteiger partial charge in [0.1, 0.15) is 213 Å². The molecule has 626 valence electrons. The van der Waals surface area contributed by atoms with Gasteiger partial charge < -0.3 is 224 Å². The number of aliphatic hydroxyl groups excluding tert-OH is 25. The number of nitrogens with one attached hydrogen (secondary N) is 3. The van der Waals surface area contributed by atoms with Gasteiger partial charge in [-0.05, 0) is 6.92 Å². The molecule has 0 aromatic heterocycles. The van der Waals surface area contributed by atoms with Gasteiger partial charge in [0.05, 0.1) is 59.0 Å². The van der Waals surface area contributed by atoms with Crippen molar-refractivity contribution in [3.8, 4) is 0 Å². The van der Waals surface area contributed by atoms with Crippen molar-refractivity contribution in [3.05, 3.63) is 0 Å². The third-order valence-electron chi connectivity index (χ3n) is 19.9. The first-order chi connectivity index (χ1) is 51.0. The summed E-state index contributed by atoms with van der Waals surface area (Å²) in [6, 6.07) is -5.63. The van der Waals surface area contributed by atoms with Gasteiger partial charge >= 0.3 is 0 Å². The van der Waals surface area contributed by atoms with Gasteiger partial charge in [-0.25, -0.2) is 0 Å². The molecule has 9 aliphatic heterocycles. The van der Waals surface area contributed by atoms with Crippen molar-refractivity contribution in [3.63, 3.8) is 0 Å². The number of carbonyl (C=O) groups excluding carboxylic acids is 3. The van der Waals surface area contributed by atoms with Crippen molar-refractivity contribution < 1.29 is 223 Å². The van der Waals surface area contributed by atoms with Crippen LogP contribution in [0.1, 0.15) is 27.7 Å². The van der Waals surface area contributed by atoms with E-state index in [1.54, 1.807) is 0 Å². The molecule has 0 aliphatic carbocycles. The summed E-state index contributed by atoms with van der Waals surface area (Å²) in [5.41, 5.74) is 0. The topological polar surface area (TPSA) is 750 Å². The average Bonchev–Trinajstić information content (AvgIpc) is 0.768. The number of hydrogen-bond acceptors (Lipinski definition) is 45. The smallest absolute Gasteiger partial charge is 0.217 e. The SMILES string of the molecule is CC(=O)N[C@@H]1[C@@H](O)[C@H](O[C@H]2O[C@H](CO)[C@@H](O[C@@H]3O[C@H](CO[C@H]4O[C@H](CO)[C@@H](O)[C@H](O[C@H]5O[C@H](CO)[C@@H](O)[C@H](O)[C@@H]5O)[C@@H]4O)[C@@H](O)[C@H](O[C@H]4O[C@H](CO)[C@@H](O)[C@H](O)[C@@H]4O[C@@H]4O[C@H](CO)[C@@H](O[C@@H]5O[C@H](CO)[C@H](O)[C@H](O)[C@H]5O)[C@H](O)[C@H]4NC(C)=O)[C@@H]3O)[C@H](O)[C@H]2NC(C)=O)[C@@H](CO[C@@H]2O[C@H](C)[C@H](O)[C@H](O)[C@H]2O)O[C@@H]1O. The number of aliphatic hydroxyl groups is 25. The third kappa shape index (κ3) is 19.3. The summed E-state index contributed by atoms with van der Waals surface area (Å²) in [6.45, 7) is -4.26. The third-order valence-corrected chi connectivity index (χ3v) is 19.9.